The molecular weight excluding hydrogens is 412 g/mol. The topological polar surface area (TPSA) is 59.8 Å². The standard InChI is InChI=1S/C19H15ClF4N4O/c1-3-15(29)26-14-8-10(6-7-25-14)16-17(12-5-4-11(20)9-13(12)21)27-28(2)18(16)19(22,23)24/h4-9H,3H2,1-2H3,(H,25,26,29). The summed E-state index contributed by atoms with van der Waals surface area (Å²) in [6.07, 6.45) is -3.32. The zero-order valence-corrected chi connectivity index (χ0v) is 16.1. The molecule has 0 unspecified atom stereocenters. The molecule has 3 aromatic rings. The van der Waals surface area contributed by atoms with Gasteiger partial charge in [-0.1, -0.05) is 18.5 Å². The van der Waals surface area contributed by atoms with Crippen molar-refractivity contribution < 1.29 is 22.4 Å². The van der Waals surface area contributed by atoms with Gasteiger partial charge in [0.05, 0.1) is 0 Å². The monoisotopic (exact) mass is 426 g/mol. The first kappa shape index (κ1) is 20.8. The first-order valence-corrected chi connectivity index (χ1v) is 8.85. The fourth-order valence-corrected chi connectivity index (χ4v) is 3.04. The van der Waals surface area contributed by atoms with Crippen molar-refractivity contribution in [1.82, 2.24) is 14.8 Å². The van der Waals surface area contributed by atoms with Crippen LogP contribution >= 0.6 is 11.6 Å². The van der Waals surface area contributed by atoms with Crippen molar-refractivity contribution in [3.63, 3.8) is 0 Å². The maximum Gasteiger partial charge on any atom is 0.433 e. The smallest absolute Gasteiger partial charge is 0.311 e. The normalized spacial score (nSPS) is 11.6. The van der Waals surface area contributed by atoms with Crippen LogP contribution < -0.4 is 5.32 Å². The summed E-state index contributed by atoms with van der Waals surface area (Å²) >= 11 is 5.76. The number of nitrogens with one attached hydrogen (secondary N) is 1. The fraction of sp³-hybridized carbons (Fsp3) is 0.211. The Morgan fingerprint density at radius 3 is 2.59 bits per heavy atom. The quantitative estimate of drug-likeness (QED) is 0.575. The van der Waals surface area contributed by atoms with Crippen molar-refractivity contribution in [3.8, 4) is 22.4 Å². The molecule has 2 aromatic heterocycles. The molecule has 0 aliphatic carbocycles. The number of halogens is 5. The summed E-state index contributed by atoms with van der Waals surface area (Å²) in [5, 5.41) is 6.53. The minimum atomic E-state index is -4.76. The van der Waals surface area contributed by atoms with Crippen LogP contribution in [0.25, 0.3) is 22.4 Å². The van der Waals surface area contributed by atoms with Gasteiger partial charge >= 0.3 is 6.18 Å². The molecule has 0 fully saturated rings. The lowest BCUT2D eigenvalue weighted by Crippen LogP contribution is -2.13. The molecule has 0 saturated heterocycles. The Bertz CT molecular complexity index is 1080. The predicted molar refractivity (Wildman–Crippen MR) is 101 cm³/mol. The van der Waals surface area contributed by atoms with Gasteiger partial charge in [-0.3, -0.25) is 9.48 Å². The SMILES string of the molecule is CCC(=O)Nc1cc(-c2c(-c3ccc(Cl)cc3F)nn(C)c2C(F)(F)F)ccn1. The highest BCUT2D eigenvalue weighted by molar-refractivity contribution is 6.30. The highest BCUT2D eigenvalue weighted by Crippen LogP contribution is 2.43. The minimum absolute atomic E-state index is 0.0776. The maximum atomic E-state index is 14.5. The second kappa shape index (κ2) is 7.82. The summed E-state index contributed by atoms with van der Waals surface area (Å²) in [5.41, 5.74) is -1.63. The molecule has 29 heavy (non-hydrogen) atoms. The molecule has 1 N–H and O–H groups in total. The third kappa shape index (κ3) is 4.24. The Kier molecular flexibility index (Phi) is 5.61. The van der Waals surface area contributed by atoms with E-state index in [9.17, 15) is 22.4 Å². The van der Waals surface area contributed by atoms with E-state index in [2.05, 4.69) is 15.4 Å². The summed E-state index contributed by atoms with van der Waals surface area (Å²) in [6.45, 7) is 1.63. The van der Waals surface area contributed by atoms with Gasteiger partial charge in [-0.2, -0.15) is 18.3 Å². The van der Waals surface area contributed by atoms with Gasteiger partial charge in [0.2, 0.25) is 5.91 Å². The molecular formula is C19H15ClF4N4O. The average molecular weight is 427 g/mol. The average Bonchev–Trinajstić information content (AvgIpc) is 2.99. The highest BCUT2D eigenvalue weighted by Gasteiger charge is 2.40. The van der Waals surface area contributed by atoms with Crippen LogP contribution in [0.1, 0.15) is 19.0 Å². The van der Waals surface area contributed by atoms with E-state index in [1.165, 1.54) is 30.5 Å². The summed E-state index contributed by atoms with van der Waals surface area (Å²) in [7, 11) is 1.13. The Morgan fingerprint density at radius 2 is 1.97 bits per heavy atom. The van der Waals surface area contributed by atoms with Gasteiger partial charge in [0, 0.05) is 35.8 Å². The van der Waals surface area contributed by atoms with E-state index in [-0.39, 0.29) is 45.6 Å². The number of hydrogen-bond acceptors (Lipinski definition) is 3. The Labute approximate surface area is 168 Å². The van der Waals surface area contributed by atoms with Crippen molar-refractivity contribution in [2.45, 2.75) is 19.5 Å². The Balaban J connectivity index is 2.27. The summed E-state index contributed by atoms with van der Waals surface area (Å²) in [6, 6.07) is 6.26. The number of alkyl halides is 3. The number of pyridine rings is 1. The minimum Gasteiger partial charge on any atom is -0.311 e. The van der Waals surface area contributed by atoms with Crippen LogP contribution in [0.4, 0.5) is 23.4 Å². The highest BCUT2D eigenvalue weighted by atomic mass is 35.5. The van der Waals surface area contributed by atoms with Gasteiger partial charge in [0.15, 0.2) is 5.69 Å². The molecule has 3 rings (SSSR count). The molecule has 0 atom stereocenters. The molecule has 0 radical (unpaired) electrons. The van der Waals surface area contributed by atoms with Crippen molar-refractivity contribution >= 4 is 23.3 Å². The molecule has 0 aliphatic rings. The lowest BCUT2D eigenvalue weighted by atomic mass is 9.99. The van der Waals surface area contributed by atoms with Crippen LogP contribution in [-0.4, -0.2) is 20.7 Å². The van der Waals surface area contributed by atoms with Crippen LogP contribution in [0.15, 0.2) is 36.5 Å². The second-order valence-electron chi connectivity index (χ2n) is 6.15. The number of carbonyl (C=O) groups is 1. The van der Waals surface area contributed by atoms with E-state index in [4.69, 9.17) is 11.6 Å². The number of aryl methyl sites for hydroxylation is 1. The molecule has 1 aromatic carbocycles. The lowest BCUT2D eigenvalue weighted by Gasteiger charge is -2.12. The van der Waals surface area contributed by atoms with Crippen LogP contribution in [-0.2, 0) is 18.0 Å². The third-order valence-electron chi connectivity index (χ3n) is 4.14. The van der Waals surface area contributed by atoms with Gasteiger partial charge in [-0.25, -0.2) is 9.37 Å². The number of amides is 1. The molecule has 2 heterocycles. The summed E-state index contributed by atoms with van der Waals surface area (Å²) < 4.78 is 56.5. The van der Waals surface area contributed by atoms with Gasteiger partial charge < -0.3 is 5.32 Å². The number of rotatable bonds is 4. The molecule has 0 aliphatic heterocycles. The first-order valence-electron chi connectivity index (χ1n) is 8.47. The van der Waals surface area contributed by atoms with E-state index in [0.717, 1.165) is 13.1 Å². The Hall–Kier alpha value is -2.94. The van der Waals surface area contributed by atoms with Crippen LogP contribution in [0.5, 0.6) is 0 Å². The Morgan fingerprint density at radius 1 is 1.24 bits per heavy atom. The number of hydrogen-bond donors (Lipinski definition) is 1. The molecule has 10 heteroatoms. The zero-order valence-electron chi connectivity index (χ0n) is 15.3. The fourth-order valence-electron chi connectivity index (χ4n) is 2.88. The zero-order chi connectivity index (χ0) is 21.3. The molecule has 0 bridgehead atoms. The summed E-state index contributed by atoms with van der Waals surface area (Å²) in [4.78, 5) is 15.6. The molecule has 0 saturated carbocycles. The molecule has 5 nitrogen and oxygen atoms in total. The third-order valence-corrected chi connectivity index (χ3v) is 4.37. The van der Waals surface area contributed by atoms with Gasteiger partial charge in [0.1, 0.15) is 17.3 Å². The predicted octanol–water partition coefficient (Wildman–Crippen LogP) is 5.31. The van der Waals surface area contributed by atoms with Crippen molar-refractivity contribution in [2.75, 3.05) is 5.32 Å². The van der Waals surface area contributed by atoms with Gasteiger partial charge in [0.25, 0.3) is 0 Å². The lowest BCUT2D eigenvalue weighted by molar-refractivity contribution is -0.143. The van der Waals surface area contributed by atoms with E-state index >= 15 is 0 Å². The van der Waals surface area contributed by atoms with E-state index in [0.29, 0.717) is 4.68 Å². The number of benzene rings is 1. The van der Waals surface area contributed by atoms with Crippen molar-refractivity contribution in [2.24, 2.45) is 7.05 Å². The van der Waals surface area contributed by atoms with Crippen molar-refractivity contribution in [3.05, 3.63) is 53.1 Å². The van der Waals surface area contributed by atoms with Gasteiger partial charge in [-0.15, -0.1) is 0 Å². The van der Waals surface area contributed by atoms with E-state index < -0.39 is 17.7 Å². The van der Waals surface area contributed by atoms with Crippen LogP contribution in [0.3, 0.4) is 0 Å². The molecule has 1 amide bonds. The molecule has 0 spiro atoms. The van der Waals surface area contributed by atoms with Gasteiger partial charge in [-0.05, 0) is 35.9 Å². The first-order chi connectivity index (χ1) is 13.6. The van der Waals surface area contributed by atoms with Crippen molar-refractivity contribution in [1.29, 1.82) is 0 Å². The number of anilines is 1. The van der Waals surface area contributed by atoms with Crippen LogP contribution in [0, 0.1) is 5.82 Å². The van der Waals surface area contributed by atoms with E-state index in [1.807, 2.05) is 0 Å². The maximum absolute atomic E-state index is 14.5. The number of carbonyl (C=O) groups excluding carboxylic acids is 1. The number of nitrogens with zero attached hydrogens (tertiary/aromatic N) is 3. The van der Waals surface area contributed by atoms with E-state index in [1.54, 1.807) is 6.92 Å². The summed E-state index contributed by atoms with van der Waals surface area (Å²) in [5.74, 6) is -1.08. The largest absolute Gasteiger partial charge is 0.433 e. The molecule has 152 valence electrons. The number of aromatic nitrogens is 3. The van der Waals surface area contributed by atoms with Crippen LogP contribution in [0.2, 0.25) is 5.02 Å². The second-order valence-corrected chi connectivity index (χ2v) is 6.59.